The van der Waals surface area contributed by atoms with Crippen molar-refractivity contribution in [3.8, 4) is 0 Å². The van der Waals surface area contributed by atoms with Crippen LogP contribution >= 0.6 is 34.2 Å². The third-order valence-electron chi connectivity index (χ3n) is 3.86. The Morgan fingerprint density at radius 1 is 1.52 bits per heavy atom. The van der Waals surface area contributed by atoms with Gasteiger partial charge in [0.05, 0.1) is 8.72 Å². The van der Waals surface area contributed by atoms with E-state index in [0.29, 0.717) is 18.1 Å². The second kappa shape index (κ2) is 6.12. The second-order valence-corrected chi connectivity index (χ2v) is 8.33. The summed E-state index contributed by atoms with van der Waals surface area (Å²) in [6.45, 7) is 7.01. The molecule has 2 aromatic heterocycles. The number of halogens is 2. The molecule has 0 spiro atoms. The van der Waals surface area contributed by atoms with E-state index in [1.165, 1.54) is 5.56 Å². The van der Waals surface area contributed by atoms with Gasteiger partial charge >= 0.3 is 6.09 Å². The van der Waals surface area contributed by atoms with Gasteiger partial charge < -0.3 is 14.6 Å². The molecule has 7 heteroatoms. The number of fused-ring (bicyclic) bond motifs is 1. The van der Waals surface area contributed by atoms with E-state index >= 15 is 0 Å². The number of amides is 1. The summed E-state index contributed by atoms with van der Waals surface area (Å²) in [5.74, 6) is 0.267. The minimum absolute atomic E-state index is 0.244. The summed E-state index contributed by atoms with van der Waals surface area (Å²) in [6.07, 6.45) is 2.31. The average molecular weight is 448 g/mol. The first-order chi connectivity index (χ1) is 10.7. The van der Waals surface area contributed by atoms with Gasteiger partial charge in [-0.25, -0.2) is 9.78 Å². The van der Waals surface area contributed by atoms with Crippen LogP contribution in [0.5, 0.6) is 0 Å². The van der Waals surface area contributed by atoms with Crippen molar-refractivity contribution in [3.05, 3.63) is 26.5 Å². The van der Waals surface area contributed by atoms with E-state index in [0.717, 1.165) is 21.2 Å². The molecular weight excluding hydrogens is 429 g/mol. The standard InChI is InChI=1S/C16H19ClIN3O2/c1-16(2,3)23-15(22)21-5-4-9(8-21)12-11-6-10(17)7-19-14(11)20-13(12)18/h6-7,9H,4-5,8H2,1-3H3,(H,19,20)/t9-/m0/s1. The van der Waals surface area contributed by atoms with Crippen molar-refractivity contribution in [3.63, 3.8) is 0 Å². The number of ether oxygens (including phenoxy) is 1. The van der Waals surface area contributed by atoms with Crippen LogP contribution in [0, 0.1) is 3.70 Å². The number of pyridine rings is 1. The first-order valence-corrected chi connectivity index (χ1v) is 9.01. The number of likely N-dealkylation sites (tertiary alicyclic amines) is 1. The zero-order valence-corrected chi connectivity index (χ0v) is 16.2. The molecule has 1 aliphatic heterocycles. The maximum absolute atomic E-state index is 12.2. The summed E-state index contributed by atoms with van der Waals surface area (Å²) < 4.78 is 6.53. The van der Waals surface area contributed by atoms with Crippen LogP contribution in [0.25, 0.3) is 11.0 Å². The van der Waals surface area contributed by atoms with Crippen molar-refractivity contribution in [2.75, 3.05) is 13.1 Å². The number of hydrogen-bond donors (Lipinski definition) is 1. The Hall–Kier alpha value is -1.02. The minimum Gasteiger partial charge on any atom is -0.444 e. The highest BCUT2D eigenvalue weighted by molar-refractivity contribution is 14.1. The third-order valence-corrected chi connectivity index (χ3v) is 4.91. The van der Waals surface area contributed by atoms with Crippen LogP contribution in [-0.4, -0.2) is 39.7 Å². The number of H-pyrrole nitrogens is 1. The minimum atomic E-state index is -0.470. The third kappa shape index (κ3) is 3.57. The van der Waals surface area contributed by atoms with Gasteiger partial charge in [0.2, 0.25) is 0 Å². The van der Waals surface area contributed by atoms with Crippen LogP contribution in [0.3, 0.4) is 0 Å². The molecule has 1 atom stereocenters. The number of aromatic amines is 1. The lowest BCUT2D eigenvalue weighted by Gasteiger charge is -2.24. The van der Waals surface area contributed by atoms with Gasteiger partial charge in [0.1, 0.15) is 11.2 Å². The van der Waals surface area contributed by atoms with Gasteiger partial charge in [-0.3, -0.25) is 0 Å². The Bertz CT molecular complexity index is 754. The molecule has 1 N–H and O–H groups in total. The first kappa shape index (κ1) is 16.8. The van der Waals surface area contributed by atoms with Crippen LogP contribution < -0.4 is 0 Å². The highest BCUT2D eigenvalue weighted by atomic mass is 127. The van der Waals surface area contributed by atoms with Crippen LogP contribution in [0.4, 0.5) is 4.79 Å². The Labute approximate surface area is 153 Å². The lowest BCUT2D eigenvalue weighted by Crippen LogP contribution is -2.35. The predicted molar refractivity (Wildman–Crippen MR) is 99.0 cm³/mol. The van der Waals surface area contributed by atoms with Gasteiger partial charge in [-0.2, -0.15) is 0 Å². The summed E-state index contributed by atoms with van der Waals surface area (Å²) >= 11 is 8.38. The van der Waals surface area contributed by atoms with Gasteiger partial charge in [0.25, 0.3) is 0 Å². The fraction of sp³-hybridized carbons (Fsp3) is 0.500. The number of hydrogen-bond acceptors (Lipinski definition) is 3. The molecule has 0 aromatic carbocycles. The molecule has 23 heavy (non-hydrogen) atoms. The highest BCUT2D eigenvalue weighted by Crippen LogP contribution is 2.36. The van der Waals surface area contributed by atoms with Gasteiger partial charge in [0, 0.05) is 30.6 Å². The second-order valence-electron chi connectivity index (χ2n) is 6.81. The molecule has 124 valence electrons. The Balaban J connectivity index is 1.83. The summed E-state index contributed by atoms with van der Waals surface area (Å²) in [7, 11) is 0. The normalized spacial score (nSPS) is 18.7. The van der Waals surface area contributed by atoms with Gasteiger partial charge in [-0.15, -0.1) is 0 Å². The van der Waals surface area contributed by atoms with E-state index in [4.69, 9.17) is 16.3 Å². The van der Waals surface area contributed by atoms with Crippen molar-refractivity contribution in [2.24, 2.45) is 0 Å². The Morgan fingerprint density at radius 3 is 2.96 bits per heavy atom. The quantitative estimate of drug-likeness (QED) is 0.653. The molecule has 0 radical (unpaired) electrons. The van der Waals surface area contributed by atoms with Crippen molar-refractivity contribution in [2.45, 2.75) is 38.7 Å². The molecule has 2 aromatic rings. The summed E-state index contributed by atoms with van der Waals surface area (Å²) in [5, 5.41) is 1.66. The Kier molecular flexibility index (Phi) is 4.48. The lowest BCUT2D eigenvalue weighted by atomic mass is 9.99. The molecule has 5 nitrogen and oxygen atoms in total. The maximum Gasteiger partial charge on any atom is 0.410 e. The van der Waals surface area contributed by atoms with Gasteiger partial charge in [0.15, 0.2) is 0 Å². The van der Waals surface area contributed by atoms with Gasteiger partial charge in [-0.05, 0) is 61.4 Å². The first-order valence-electron chi connectivity index (χ1n) is 7.55. The molecule has 3 heterocycles. The number of nitrogens with zero attached hydrogens (tertiary/aromatic N) is 2. The fourth-order valence-corrected chi connectivity index (χ4v) is 4.07. The monoisotopic (exact) mass is 447 g/mol. The molecule has 0 aliphatic carbocycles. The molecule has 0 saturated carbocycles. The number of carbonyl (C=O) groups is 1. The smallest absolute Gasteiger partial charge is 0.410 e. The largest absolute Gasteiger partial charge is 0.444 e. The predicted octanol–water partition coefficient (Wildman–Crippen LogP) is 4.55. The maximum atomic E-state index is 12.2. The summed E-state index contributed by atoms with van der Waals surface area (Å²) in [4.78, 5) is 21.7. The van der Waals surface area contributed by atoms with Crippen LogP contribution in [0.1, 0.15) is 38.7 Å². The number of aromatic nitrogens is 2. The zero-order chi connectivity index (χ0) is 16.8. The SMILES string of the molecule is CC(C)(C)OC(=O)N1CC[C@H](c2c(I)[nH]c3ncc(Cl)cc23)C1. The van der Waals surface area contributed by atoms with Crippen molar-refractivity contribution in [1.82, 2.24) is 14.9 Å². The van der Waals surface area contributed by atoms with E-state index in [1.807, 2.05) is 26.8 Å². The van der Waals surface area contributed by atoms with E-state index in [9.17, 15) is 4.79 Å². The van der Waals surface area contributed by atoms with Crippen LogP contribution in [0.2, 0.25) is 5.02 Å². The van der Waals surface area contributed by atoms with Crippen molar-refractivity contribution < 1.29 is 9.53 Å². The topological polar surface area (TPSA) is 58.2 Å². The van der Waals surface area contributed by atoms with Gasteiger partial charge in [-0.1, -0.05) is 11.6 Å². The van der Waals surface area contributed by atoms with Crippen LogP contribution in [0.15, 0.2) is 12.3 Å². The van der Waals surface area contributed by atoms with E-state index < -0.39 is 5.60 Å². The number of carbonyl (C=O) groups excluding carboxylic acids is 1. The zero-order valence-electron chi connectivity index (χ0n) is 13.3. The highest BCUT2D eigenvalue weighted by Gasteiger charge is 2.33. The van der Waals surface area contributed by atoms with Crippen molar-refractivity contribution >= 4 is 51.3 Å². The molecule has 3 rings (SSSR count). The lowest BCUT2D eigenvalue weighted by molar-refractivity contribution is 0.0292. The molecule has 1 fully saturated rings. The number of nitrogens with one attached hydrogen (secondary N) is 1. The van der Waals surface area contributed by atoms with E-state index in [-0.39, 0.29) is 12.0 Å². The van der Waals surface area contributed by atoms with E-state index in [2.05, 4.69) is 32.6 Å². The summed E-state index contributed by atoms with van der Waals surface area (Å²) in [5.41, 5.74) is 1.56. The molecule has 1 aliphatic rings. The van der Waals surface area contributed by atoms with E-state index in [1.54, 1.807) is 11.1 Å². The molecule has 0 unspecified atom stereocenters. The molecular formula is C16H19ClIN3O2. The molecule has 1 amide bonds. The van der Waals surface area contributed by atoms with Crippen molar-refractivity contribution in [1.29, 1.82) is 0 Å². The van der Waals surface area contributed by atoms with Crippen LogP contribution in [-0.2, 0) is 4.74 Å². The summed E-state index contributed by atoms with van der Waals surface area (Å²) in [6, 6.07) is 1.94. The molecule has 1 saturated heterocycles. The molecule has 0 bridgehead atoms. The fourth-order valence-electron chi connectivity index (χ4n) is 2.92. The number of rotatable bonds is 1. The Morgan fingerprint density at radius 2 is 2.26 bits per heavy atom. The average Bonchev–Trinajstić information content (AvgIpc) is 3.00.